The fourth-order valence-electron chi connectivity index (χ4n) is 2.40. The van der Waals surface area contributed by atoms with Crippen LogP contribution in [0.1, 0.15) is 30.1 Å². The third kappa shape index (κ3) is 1.90. The largest absolute Gasteiger partial charge is 0.465 e. The first-order chi connectivity index (χ1) is 9.33. The maximum Gasteiger partial charge on any atom is 0.407 e. The Labute approximate surface area is 112 Å². The van der Waals surface area contributed by atoms with Crippen molar-refractivity contribution in [1.29, 1.82) is 0 Å². The number of likely N-dealkylation sites (tertiary alicyclic amines) is 1. The Balaban J connectivity index is 1.72. The van der Waals surface area contributed by atoms with Crippen molar-refractivity contribution < 1.29 is 23.1 Å². The van der Waals surface area contributed by atoms with E-state index in [2.05, 4.69) is 9.97 Å². The van der Waals surface area contributed by atoms with Gasteiger partial charge in [0.1, 0.15) is 11.2 Å². The SMILES string of the molecule is O=C(O)N1CC(c2cnc(C3(C(F)(F)F)CC3)nc2)C1. The smallest absolute Gasteiger partial charge is 0.407 e. The van der Waals surface area contributed by atoms with Crippen LogP contribution in [-0.2, 0) is 5.41 Å². The fourth-order valence-corrected chi connectivity index (χ4v) is 2.40. The monoisotopic (exact) mass is 287 g/mol. The van der Waals surface area contributed by atoms with Crippen molar-refractivity contribution in [2.24, 2.45) is 0 Å². The highest BCUT2D eigenvalue weighted by Gasteiger charge is 2.66. The minimum Gasteiger partial charge on any atom is -0.465 e. The number of hydrogen-bond acceptors (Lipinski definition) is 3. The summed E-state index contributed by atoms with van der Waals surface area (Å²) in [5.41, 5.74) is -1.18. The van der Waals surface area contributed by atoms with E-state index in [1.54, 1.807) is 0 Å². The summed E-state index contributed by atoms with van der Waals surface area (Å²) in [6.07, 6.45) is -2.47. The zero-order chi connectivity index (χ0) is 14.5. The molecule has 1 saturated carbocycles. The van der Waals surface area contributed by atoms with Gasteiger partial charge in [-0.1, -0.05) is 0 Å². The second-order valence-corrected chi connectivity index (χ2v) is 5.30. The molecule has 20 heavy (non-hydrogen) atoms. The van der Waals surface area contributed by atoms with E-state index in [9.17, 15) is 18.0 Å². The van der Waals surface area contributed by atoms with Crippen LogP contribution < -0.4 is 0 Å². The van der Waals surface area contributed by atoms with Crippen LogP contribution >= 0.6 is 0 Å². The summed E-state index contributed by atoms with van der Waals surface area (Å²) in [5, 5.41) is 8.72. The molecule has 2 fully saturated rings. The number of carboxylic acid groups (broad SMARTS) is 1. The molecule has 1 saturated heterocycles. The molecule has 0 radical (unpaired) electrons. The molecule has 0 spiro atoms. The molecule has 1 aliphatic heterocycles. The summed E-state index contributed by atoms with van der Waals surface area (Å²) in [5.74, 6) is -0.204. The molecule has 108 valence electrons. The molecule has 1 N–H and O–H groups in total. The Morgan fingerprint density at radius 3 is 2.25 bits per heavy atom. The van der Waals surface area contributed by atoms with Gasteiger partial charge in [-0.25, -0.2) is 14.8 Å². The molecule has 1 aliphatic carbocycles. The quantitative estimate of drug-likeness (QED) is 0.905. The number of hydrogen-bond donors (Lipinski definition) is 1. The van der Waals surface area contributed by atoms with E-state index >= 15 is 0 Å². The first kappa shape index (κ1) is 13.1. The van der Waals surface area contributed by atoms with Crippen molar-refractivity contribution in [3.8, 4) is 0 Å². The topological polar surface area (TPSA) is 66.3 Å². The zero-order valence-corrected chi connectivity index (χ0v) is 10.4. The number of nitrogens with zero attached hydrogens (tertiary/aromatic N) is 3. The Morgan fingerprint density at radius 1 is 1.30 bits per heavy atom. The third-order valence-electron chi connectivity index (χ3n) is 4.02. The summed E-state index contributed by atoms with van der Waals surface area (Å²) < 4.78 is 38.7. The van der Waals surface area contributed by atoms with Crippen molar-refractivity contribution in [3.05, 3.63) is 23.8 Å². The second kappa shape index (κ2) is 4.07. The Hall–Kier alpha value is -1.86. The summed E-state index contributed by atoms with van der Waals surface area (Å²) in [7, 11) is 0. The van der Waals surface area contributed by atoms with Crippen molar-refractivity contribution in [2.75, 3.05) is 13.1 Å². The molecule has 0 unspecified atom stereocenters. The van der Waals surface area contributed by atoms with Gasteiger partial charge < -0.3 is 10.0 Å². The summed E-state index contributed by atoms with van der Waals surface area (Å²) in [6.45, 7) is 0.672. The van der Waals surface area contributed by atoms with E-state index in [1.165, 1.54) is 17.3 Å². The van der Waals surface area contributed by atoms with Gasteiger partial charge in [0.25, 0.3) is 0 Å². The first-order valence-corrected chi connectivity index (χ1v) is 6.20. The van der Waals surface area contributed by atoms with Gasteiger partial charge in [-0.3, -0.25) is 0 Å². The van der Waals surface area contributed by atoms with Crippen LogP contribution in [0.3, 0.4) is 0 Å². The van der Waals surface area contributed by atoms with Crippen LogP contribution in [0.2, 0.25) is 0 Å². The van der Waals surface area contributed by atoms with Crippen molar-refractivity contribution in [1.82, 2.24) is 14.9 Å². The molecule has 0 atom stereocenters. The van der Waals surface area contributed by atoms with E-state index in [1.807, 2.05) is 0 Å². The normalized spacial score (nSPS) is 21.4. The van der Waals surface area contributed by atoms with Gasteiger partial charge in [0.2, 0.25) is 0 Å². The van der Waals surface area contributed by atoms with E-state index in [0.717, 1.165) is 0 Å². The number of rotatable bonds is 2. The average molecular weight is 287 g/mol. The zero-order valence-electron chi connectivity index (χ0n) is 10.4. The number of alkyl halides is 3. The Bertz CT molecular complexity index is 534. The van der Waals surface area contributed by atoms with Crippen LogP contribution in [0.4, 0.5) is 18.0 Å². The molecule has 0 bridgehead atoms. The number of amides is 1. The van der Waals surface area contributed by atoms with E-state index in [4.69, 9.17) is 5.11 Å². The predicted molar refractivity (Wildman–Crippen MR) is 61.3 cm³/mol. The van der Waals surface area contributed by atoms with E-state index < -0.39 is 17.7 Å². The molecule has 0 aromatic carbocycles. The Morgan fingerprint density at radius 2 is 1.85 bits per heavy atom. The van der Waals surface area contributed by atoms with Gasteiger partial charge in [-0.15, -0.1) is 0 Å². The molecular weight excluding hydrogens is 275 g/mol. The minimum atomic E-state index is -4.31. The molecule has 2 aliphatic rings. The van der Waals surface area contributed by atoms with Crippen LogP contribution in [0.15, 0.2) is 12.4 Å². The van der Waals surface area contributed by atoms with E-state index in [0.29, 0.717) is 18.7 Å². The lowest BCUT2D eigenvalue weighted by molar-refractivity contribution is -0.162. The lowest BCUT2D eigenvalue weighted by Crippen LogP contribution is -2.47. The van der Waals surface area contributed by atoms with Crippen LogP contribution in [0.25, 0.3) is 0 Å². The third-order valence-corrected chi connectivity index (χ3v) is 4.02. The van der Waals surface area contributed by atoms with Gasteiger partial charge in [0.05, 0.1) is 0 Å². The van der Waals surface area contributed by atoms with Crippen molar-refractivity contribution in [3.63, 3.8) is 0 Å². The maximum absolute atomic E-state index is 12.9. The average Bonchev–Trinajstić information content (AvgIpc) is 3.07. The summed E-state index contributed by atoms with van der Waals surface area (Å²) >= 11 is 0. The lowest BCUT2D eigenvalue weighted by atomic mass is 9.94. The standard InChI is InChI=1S/C12H12F3N3O2/c13-12(14,15)11(1-2-11)9-16-3-7(4-17-9)8-5-18(6-8)10(19)20/h3-4,8H,1-2,5-6H2,(H,19,20). The van der Waals surface area contributed by atoms with Crippen molar-refractivity contribution in [2.45, 2.75) is 30.4 Å². The molecule has 3 rings (SSSR count). The molecule has 2 heterocycles. The van der Waals surface area contributed by atoms with Crippen LogP contribution in [-0.4, -0.2) is 45.3 Å². The van der Waals surface area contributed by atoms with E-state index in [-0.39, 0.29) is 24.6 Å². The van der Waals surface area contributed by atoms with Crippen LogP contribution in [0, 0.1) is 0 Å². The fraction of sp³-hybridized carbons (Fsp3) is 0.583. The number of aromatic nitrogens is 2. The molecule has 1 aromatic rings. The molecule has 1 amide bonds. The summed E-state index contributed by atoms with van der Waals surface area (Å²) in [4.78, 5) is 19.6. The van der Waals surface area contributed by atoms with Crippen molar-refractivity contribution >= 4 is 6.09 Å². The van der Waals surface area contributed by atoms with Gasteiger partial charge in [-0.2, -0.15) is 13.2 Å². The maximum atomic E-state index is 12.9. The Kier molecular flexibility index (Phi) is 2.67. The van der Waals surface area contributed by atoms with Gasteiger partial charge in [-0.05, 0) is 18.4 Å². The summed E-state index contributed by atoms with van der Waals surface area (Å²) in [6, 6.07) is 0. The molecular formula is C12H12F3N3O2. The van der Waals surface area contributed by atoms with Gasteiger partial charge >= 0.3 is 12.3 Å². The molecule has 5 nitrogen and oxygen atoms in total. The highest BCUT2D eigenvalue weighted by Crippen LogP contribution is 2.57. The van der Waals surface area contributed by atoms with Gasteiger partial charge in [0.15, 0.2) is 0 Å². The number of carbonyl (C=O) groups is 1. The number of halogens is 3. The molecule has 8 heteroatoms. The highest BCUT2D eigenvalue weighted by molar-refractivity contribution is 5.66. The van der Waals surface area contributed by atoms with Crippen LogP contribution in [0.5, 0.6) is 0 Å². The second-order valence-electron chi connectivity index (χ2n) is 5.30. The first-order valence-electron chi connectivity index (χ1n) is 6.20. The van der Waals surface area contributed by atoms with Gasteiger partial charge in [0, 0.05) is 31.4 Å². The molecule has 1 aromatic heterocycles. The lowest BCUT2D eigenvalue weighted by Gasteiger charge is -2.37. The highest BCUT2D eigenvalue weighted by atomic mass is 19.4. The minimum absolute atomic E-state index is 0.0267. The predicted octanol–water partition coefficient (Wildman–Crippen LogP) is 2.15.